The first-order valence-electron chi connectivity index (χ1n) is 4.48. The lowest BCUT2D eigenvalue weighted by Crippen LogP contribution is -2.27. The van der Waals surface area contributed by atoms with E-state index in [9.17, 15) is 4.57 Å². The lowest BCUT2D eigenvalue weighted by atomic mass is 10.2. The van der Waals surface area contributed by atoms with Crippen molar-refractivity contribution in [1.82, 2.24) is 10.2 Å². The van der Waals surface area contributed by atoms with Gasteiger partial charge in [-0.25, -0.2) is 10.2 Å². The van der Waals surface area contributed by atoms with E-state index < -0.39 is 7.67 Å². The molecule has 13 heavy (non-hydrogen) atoms. The first-order valence-corrected chi connectivity index (χ1v) is 6.11. The van der Waals surface area contributed by atoms with Crippen molar-refractivity contribution in [3.05, 3.63) is 0 Å². The van der Waals surface area contributed by atoms with Gasteiger partial charge in [0.05, 0.1) is 0 Å². The minimum Gasteiger partial charge on any atom is -0.352 e. The number of hydrogen-bond donors (Lipinski definition) is 2. The summed E-state index contributed by atoms with van der Waals surface area (Å²) in [5, 5.41) is 5.24. The highest BCUT2D eigenvalue weighted by atomic mass is 31.2. The molecule has 0 amide bonds. The quantitative estimate of drug-likeness (QED) is 0.677. The molecule has 1 aliphatic rings. The van der Waals surface area contributed by atoms with Gasteiger partial charge in [-0.2, -0.15) is 0 Å². The Balaban J connectivity index is 2.40. The summed E-state index contributed by atoms with van der Waals surface area (Å²) in [4.78, 5) is 0. The molecule has 0 bridgehead atoms. The highest BCUT2D eigenvalue weighted by Gasteiger charge is 2.25. The minimum atomic E-state index is -2.87. The molecule has 0 radical (unpaired) electrons. The zero-order valence-corrected chi connectivity index (χ0v) is 8.97. The molecule has 0 spiro atoms. The van der Waals surface area contributed by atoms with Crippen molar-refractivity contribution in [3.8, 4) is 0 Å². The SMILES string of the molecule is CNP(=O)(NC)O[C@H]1CCCCO1. The maximum atomic E-state index is 11.7. The molecule has 1 saturated heterocycles. The normalized spacial score (nSPS) is 24.6. The van der Waals surface area contributed by atoms with Gasteiger partial charge >= 0.3 is 7.67 Å². The van der Waals surface area contributed by atoms with E-state index in [1.54, 1.807) is 14.1 Å². The largest absolute Gasteiger partial charge is 0.352 e. The maximum absolute atomic E-state index is 11.7. The standard InChI is InChI=1S/C7H17N2O3P/c1-8-13(10,9-2)12-7-5-3-4-6-11-7/h7H,3-6H2,1-2H3,(H2,8,9,10)/t7-/m0/s1. The molecule has 78 valence electrons. The second-order valence-corrected chi connectivity index (χ2v) is 5.11. The van der Waals surface area contributed by atoms with Crippen LogP contribution in [0.2, 0.25) is 0 Å². The van der Waals surface area contributed by atoms with Crippen LogP contribution in [0.1, 0.15) is 19.3 Å². The van der Waals surface area contributed by atoms with Crippen LogP contribution >= 0.6 is 7.67 Å². The summed E-state index contributed by atoms with van der Waals surface area (Å²) in [6.07, 6.45) is 2.61. The molecule has 1 aliphatic heterocycles. The van der Waals surface area contributed by atoms with Crippen molar-refractivity contribution in [2.75, 3.05) is 20.7 Å². The Morgan fingerprint density at radius 2 is 2.08 bits per heavy atom. The van der Waals surface area contributed by atoms with Gasteiger partial charge in [0.25, 0.3) is 0 Å². The van der Waals surface area contributed by atoms with Crippen LogP contribution in [0.25, 0.3) is 0 Å². The Morgan fingerprint density at radius 1 is 1.38 bits per heavy atom. The fourth-order valence-electron chi connectivity index (χ4n) is 1.18. The summed E-state index contributed by atoms with van der Waals surface area (Å²) in [5.41, 5.74) is 0. The maximum Gasteiger partial charge on any atom is 0.342 e. The van der Waals surface area contributed by atoms with Crippen LogP contribution in [0.5, 0.6) is 0 Å². The van der Waals surface area contributed by atoms with E-state index in [2.05, 4.69) is 10.2 Å². The lowest BCUT2D eigenvalue weighted by Gasteiger charge is -2.26. The number of ether oxygens (including phenoxy) is 1. The molecule has 1 rings (SSSR count). The average Bonchev–Trinajstić information content (AvgIpc) is 2.19. The predicted octanol–water partition coefficient (Wildman–Crippen LogP) is 1.08. The van der Waals surface area contributed by atoms with E-state index in [0.29, 0.717) is 6.61 Å². The van der Waals surface area contributed by atoms with E-state index in [-0.39, 0.29) is 6.29 Å². The molecule has 0 unspecified atom stereocenters. The molecule has 1 atom stereocenters. The van der Waals surface area contributed by atoms with E-state index in [0.717, 1.165) is 19.3 Å². The van der Waals surface area contributed by atoms with Gasteiger partial charge in [0.1, 0.15) is 0 Å². The molecule has 0 aromatic heterocycles. The van der Waals surface area contributed by atoms with Gasteiger partial charge in [-0.05, 0) is 33.4 Å². The average molecular weight is 208 g/mol. The smallest absolute Gasteiger partial charge is 0.342 e. The van der Waals surface area contributed by atoms with Crippen molar-refractivity contribution >= 4 is 7.67 Å². The van der Waals surface area contributed by atoms with Crippen LogP contribution < -0.4 is 10.2 Å². The topological polar surface area (TPSA) is 59.6 Å². The summed E-state index contributed by atoms with van der Waals surface area (Å²) >= 11 is 0. The first kappa shape index (κ1) is 11.1. The lowest BCUT2D eigenvalue weighted by molar-refractivity contribution is -0.106. The molecule has 2 N–H and O–H groups in total. The highest BCUT2D eigenvalue weighted by Crippen LogP contribution is 2.39. The fraction of sp³-hybridized carbons (Fsp3) is 1.00. The van der Waals surface area contributed by atoms with Crippen LogP contribution in [0.3, 0.4) is 0 Å². The molecule has 1 heterocycles. The first-order chi connectivity index (χ1) is 6.20. The van der Waals surface area contributed by atoms with Crippen molar-refractivity contribution in [3.63, 3.8) is 0 Å². The van der Waals surface area contributed by atoms with Gasteiger partial charge in [0.15, 0.2) is 6.29 Å². The Morgan fingerprint density at radius 3 is 2.54 bits per heavy atom. The Labute approximate surface area is 78.7 Å². The number of nitrogens with one attached hydrogen (secondary N) is 2. The zero-order valence-electron chi connectivity index (χ0n) is 8.08. The van der Waals surface area contributed by atoms with E-state index in [1.807, 2.05) is 0 Å². The number of rotatable bonds is 4. The third-order valence-corrected chi connectivity index (χ3v) is 3.70. The van der Waals surface area contributed by atoms with E-state index in [1.165, 1.54) is 0 Å². The minimum absolute atomic E-state index is 0.334. The summed E-state index contributed by atoms with van der Waals surface area (Å²) < 4.78 is 22.3. The molecule has 1 fully saturated rings. The van der Waals surface area contributed by atoms with Gasteiger partial charge < -0.3 is 4.74 Å². The highest BCUT2D eigenvalue weighted by molar-refractivity contribution is 7.54. The van der Waals surface area contributed by atoms with Crippen LogP contribution in [0.4, 0.5) is 0 Å². The zero-order chi connectivity index (χ0) is 9.73. The van der Waals surface area contributed by atoms with Crippen LogP contribution in [-0.2, 0) is 13.8 Å². The van der Waals surface area contributed by atoms with Gasteiger partial charge in [-0.1, -0.05) is 0 Å². The van der Waals surface area contributed by atoms with Crippen molar-refractivity contribution in [1.29, 1.82) is 0 Å². The van der Waals surface area contributed by atoms with Gasteiger partial charge in [0.2, 0.25) is 0 Å². The third-order valence-electron chi connectivity index (χ3n) is 1.99. The molecular weight excluding hydrogens is 191 g/mol. The van der Waals surface area contributed by atoms with Crippen LogP contribution in [0.15, 0.2) is 0 Å². The summed E-state index contributed by atoms with van der Waals surface area (Å²) in [6.45, 7) is 0.693. The predicted molar refractivity (Wildman–Crippen MR) is 50.4 cm³/mol. The van der Waals surface area contributed by atoms with Crippen molar-refractivity contribution in [2.24, 2.45) is 0 Å². The molecule has 0 aromatic rings. The molecule has 0 aliphatic carbocycles. The third kappa shape index (κ3) is 3.37. The second-order valence-electron chi connectivity index (χ2n) is 2.90. The molecular formula is C7H17N2O3P. The summed E-state index contributed by atoms with van der Waals surface area (Å²) in [7, 11) is 0.320. The van der Waals surface area contributed by atoms with Crippen molar-refractivity contribution in [2.45, 2.75) is 25.6 Å². The van der Waals surface area contributed by atoms with Gasteiger partial charge in [0, 0.05) is 6.61 Å². The van der Waals surface area contributed by atoms with E-state index >= 15 is 0 Å². The molecule has 0 aromatic carbocycles. The van der Waals surface area contributed by atoms with Crippen molar-refractivity contribution < 1.29 is 13.8 Å². The van der Waals surface area contributed by atoms with Gasteiger partial charge in [-0.15, -0.1) is 0 Å². The van der Waals surface area contributed by atoms with Gasteiger partial charge in [-0.3, -0.25) is 9.09 Å². The summed E-state index contributed by atoms with van der Waals surface area (Å²) in [6, 6.07) is 0. The van der Waals surface area contributed by atoms with Crippen LogP contribution in [-0.4, -0.2) is 27.0 Å². The molecule has 5 nitrogen and oxygen atoms in total. The Hall–Kier alpha value is 0.0700. The number of hydrogen-bond acceptors (Lipinski definition) is 3. The fourth-order valence-corrected chi connectivity index (χ4v) is 2.11. The Bertz CT molecular complexity index is 186. The Kier molecular flexibility index (Phi) is 4.35. The monoisotopic (exact) mass is 208 g/mol. The second kappa shape index (κ2) is 5.08. The summed E-state index contributed by atoms with van der Waals surface area (Å²) in [5.74, 6) is 0. The van der Waals surface area contributed by atoms with Crippen LogP contribution in [0, 0.1) is 0 Å². The molecule has 6 heteroatoms. The molecule has 0 saturated carbocycles. The van der Waals surface area contributed by atoms with E-state index in [4.69, 9.17) is 9.26 Å².